The van der Waals surface area contributed by atoms with Gasteiger partial charge in [-0.3, -0.25) is 9.78 Å². The number of nitrogen functional groups attached to an aromatic ring is 1. The molecule has 0 aliphatic carbocycles. The van der Waals surface area contributed by atoms with Gasteiger partial charge in [0.05, 0.1) is 45.5 Å². The predicted octanol–water partition coefficient (Wildman–Crippen LogP) is 5.72. The summed E-state index contributed by atoms with van der Waals surface area (Å²) in [6.07, 6.45) is 1.60. The van der Waals surface area contributed by atoms with Gasteiger partial charge < -0.3 is 26.0 Å². The topological polar surface area (TPSA) is 118 Å². The van der Waals surface area contributed by atoms with E-state index in [2.05, 4.69) is 25.6 Å². The number of anilines is 3. The number of aliphatic imine (C=N–C) groups is 1. The van der Waals surface area contributed by atoms with Crippen molar-refractivity contribution in [3.8, 4) is 17.0 Å². The summed E-state index contributed by atoms with van der Waals surface area (Å²) in [5.41, 5.74) is 6.60. The van der Waals surface area contributed by atoms with Crippen LogP contribution in [0.1, 0.15) is 42.1 Å². The molecule has 13 heteroatoms. The van der Waals surface area contributed by atoms with E-state index in [1.54, 1.807) is 18.5 Å². The summed E-state index contributed by atoms with van der Waals surface area (Å²) >= 11 is 6.76. The van der Waals surface area contributed by atoms with Crippen LogP contribution in [0.2, 0.25) is 5.02 Å². The number of amidine groups is 1. The molecule has 39 heavy (non-hydrogen) atoms. The number of nitrogens with two attached hydrogens (primary N) is 1. The third-order valence-electron chi connectivity index (χ3n) is 6.35. The monoisotopic (exact) mass is 557 g/mol. The lowest BCUT2D eigenvalue weighted by Gasteiger charge is -2.32. The Labute approximate surface area is 226 Å². The number of aryl methyl sites for hydroxylation is 1. The Morgan fingerprint density at radius 3 is 2.77 bits per heavy atom. The van der Waals surface area contributed by atoms with E-state index >= 15 is 0 Å². The molecule has 0 spiro atoms. The number of benzene rings is 1. The molecule has 4 heterocycles. The highest BCUT2D eigenvalue weighted by Gasteiger charge is 2.39. The Bertz CT molecular complexity index is 1560. The van der Waals surface area contributed by atoms with E-state index in [0.29, 0.717) is 22.8 Å². The fraction of sp³-hybridized carbons (Fsp3) is 0.231. The number of carbonyl (C=O) groups excluding carboxylic acids is 1. The predicted molar refractivity (Wildman–Crippen MR) is 142 cm³/mol. The zero-order valence-electron chi connectivity index (χ0n) is 21.0. The van der Waals surface area contributed by atoms with E-state index < -0.39 is 17.4 Å². The molecule has 1 unspecified atom stereocenters. The Balaban J connectivity index is 1.63. The molecule has 9 nitrogen and oxygen atoms in total. The molecular formula is C26H23ClF3N7O2. The highest BCUT2D eigenvalue weighted by molar-refractivity contribution is 6.37. The molecule has 5 rings (SSSR count). The Hall–Kier alpha value is -4.32. The van der Waals surface area contributed by atoms with Crippen LogP contribution in [0, 0.1) is 6.92 Å². The number of pyridine rings is 2. The van der Waals surface area contributed by atoms with E-state index in [1.807, 2.05) is 11.8 Å². The molecule has 4 N–H and O–H groups in total. The number of carbonyl (C=O) groups is 1. The number of ether oxygens (including phenoxy) is 1. The van der Waals surface area contributed by atoms with E-state index in [1.165, 1.54) is 38.4 Å². The van der Waals surface area contributed by atoms with Gasteiger partial charge in [-0.2, -0.15) is 13.2 Å². The Kier molecular flexibility index (Phi) is 6.59. The lowest BCUT2D eigenvalue weighted by molar-refractivity contribution is -0.137. The summed E-state index contributed by atoms with van der Waals surface area (Å²) in [7, 11) is 0. The van der Waals surface area contributed by atoms with Gasteiger partial charge in [0.2, 0.25) is 5.91 Å². The maximum absolute atomic E-state index is 14.1. The van der Waals surface area contributed by atoms with E-state index in [9.17, 15) is 18.0 Å². The first-order valence-electron chi connectivity index (χ1n) is 11.8. The lowest BCUT2D eigenvalue weighted by Crippen LogP contribution is -2.32. The molecule has 2 aliphatic heterocycles. The number of halogens is 4. The minimum atomic E-state index is -4.69. The summed E-state index contributed by atoms with van der Waals surface area (Å²) < 4.78 is 48.1. The van der Waals surface area contributed by atoms with Gasteiger partial charge in [-0.05, 0) is 43.2 Å². The van der Waals surface area contributed by atoms with Crippen LogP contribution in [0.4, 0.5) is 30.4 Å². The summed E-state index contributed by atoms with van der Waals surface area (Å²) in [5, 5.41) is 5.81. The molecular weight excluding hydrogens is 535 g/mol. The van der Waals surface area contributed by atoms with Gasteiger partial charge in [0, 0.05) is 24.9 Å². The molecule has 1 atom stereocenters. The average molecular weight is 558 g/mol. The highest BCUT2D eigenvalue weighted by atomic mass is 35.5. The molecule has 2 aliphatic rings. The SMILES string of the molecule is CC(=O)Nc1cncc(C(C)N2C=COc3cc(-c4nc(N)cc(C)c4C(F)(F)F)c(Cl)c4c3C2=NCN4)c1. The number of hydrogen-bond donors (Lipinski definition) is 3. The van der Waals surface area contributed by atoms with Gasteiger partial charge >= 0.3 is 6.18 Å². The van der Waals surface area contributed by atoms with Gasteiger partial charge in [0.15, 0.2) is 0 Å². The highest BCUT2D eigenvalue weighted by Crippen LogP contribution is 2.48. The van der Waals surface area contributed by atoms with E-state index in [4.69, 9.17) is 22.1 Å². The van der Waals surface area contributed by atoms with Crippen molar-refractivity contribution in [1.29, 1.82) is 0 Å². The fourth-order valence-electron chi connectivity index (χ4n) is 4.69. The first-order valence-corrected chi connectivity index (χ1v) is 12.2. The number of hydrogen-bond acceptors (Lipinski definition) is 8. The smallest absolute Gasteiger partial charge is 0.418 e. The molecule has 0 radical (unpaired) electrons. The van der Waals surface area contributed by atoms with E-state index in [0.717, 1.165) is 5.56 Å². The number of alkyl halides is 3. The first kappa shape index (κ1) is 26.3. The summed E-state index contributed by atoms with van der Waals surface area (Å²) in [5.74, 6) is 0.434. The molecule has 3 aromatic rings. The summed E-state index contributed by atoms with van der Waals surface area (Å²) in [4.78, 5) is 26.2. The number of aromatic nitrogens is 2. The van der Waals surface area contributed by atoms with Crippen LogP contribution >= 0.6 is 11.6 Å². The van der Waals surface area contributed by atoms with Gasteiger partial charge in [-0.25, -0.2) is 9.98 Å². The zero-order chi connectivity index (χ0) is 28.1. The second-order valence-corrected chi connectivity index (χ2v) is 9.44. The maximum Gasteiger partial charge on any atom is 0.418 e. The van der Waals surface area contributed by atoms with E-state index in [-0.39, 0.29) is 46.3 Å². The third-order valence-corrected chi connectivity index (χ3v) is 6.74. The second kappa shape index (κ2) is 9.77. The molecule has 0 bridgehead atoms. The van der Waals surface area contributed by atoms with Crippen LogP contribution in [0.15, 0.2) is 48.0 Å². The van der Waals surface area contributed by atoms with Gasteiger partial charge in [0.1, 0.15) is 30.3 Å². The Morgan fingerprint density at radius 2 is 2.05 bits per heavy atom. The molecule has 202 valence electrons. The van der Waals surface area contributed by atoms with Crippen LogP contribution in [-0.2, 0) is 11.0 Å². The van der Waals surface area contributed by atoms with Crippen LogP contribution in [0.25, 0.3) is 11.3 Å². The second-order valence-electron chi connectivity index (χ2n) is 9.06. The quantitative estimate of drug-likeness (QED) is 0.375. The van der Waals surface area contributed by atoms with Gasteiger partial charge in [0.25, 0.3) is 0 Å². The van der Waals surface area contributed by atoms with Crippen molar-refractivity contribution in [2.45, 2.75) is 33.0 Å². The zero-order valence-corrected chi connectivity index (χ0v) is 21.8. The van der Waals surface area contributed by atoms with Crippen molar-refractivity contribution in [3.63, 3.8) is 0 Å². The van der Waals surface area contributed by atoms with Crippen molar-refractivity contribution in [1.82, 2.24) is 14.9 Å². The number of nitrogens with zero attached hydrogens (tertiary/aromatic N) is 4. The average Bonchev–Trinajstić information content (AvgIpc) is 3.04. The van der Waals surface area contributed by atoms with Crippen molar-refractivity contribution >= 4 is 40.5 Å². The van der Waals surface area contributed by atoms with Crippen LogP contribution in [0.3, 0.4) is 0 Å². The normalized spacial score (nSPS) is 14.9. The lowest BCUT2D eigenvalue weighted by atomic mass is 9.96. The van der Waals surface area contributed by atoms with Crippen molar-refractivity contribution in [3.05, 3.63) is 70.3 Å². The van der Waals surface area contributed by atoms with Crippen LogP contribution in [-0.4, -0.2) is 33.3 Å². The number of nitrogens with one attached hydrogen (secondary N) is 2. The van der Waals surface area contributed by atoms with Gasteiger partial charge in [-0.15, -0.1) is 0 Å². The van der Waals surface area contributed by atoms with Crippen LogP contribution < -0.4 is 21.1 Å². The molecule has 0 saturated carbocycles. The number of rotatable bonds is 4. The Morgan fingerprint density at radius 1 is 1.28 bits per heavy atom. The first-order chi connectivity index (χ1) is 18.5. The minimum absolute atomic E-state index is 0.0176. The van der Waals surface area contributed by atoms with Gasteiger partial charge in [-0.1, -0.05) is 11.6 Å². The molecule has 2 aromatic heterocycles. The molecule has 1 aromatic carbocycles. The van der Waals surface area contributed by atoms with Crippen molar-refractivity contribution in [2.75, 3.05) is 23.0 Å². The minimum Gasteiger partial charge on any atom is -0.463 e. The molecule has 1 amide bonds. The molecule has 0 fully saturated rings. The van der Waals surface area contributed by atoms with Crippen LogP contribution in [0.5, 0.6) is 5.75 Å². The maximum atomic E-state index is 14.1. The van der Waals surface area contributed by atoms with Crippen molar-refractivity contribution in [2.24, 2.45) is 4.99 Å². The summed E-state index contributed by atoms with van der Waals surface area (Å²) in [6, 6.07) is 4.06. The standard InChI is InChI=1S/C26H23ClF3N7O2/c1-12-6-19(31)36-23(21(12)26(28,29)30)17-8-18-20-24(22(17)27)33-11-34-25(20)37(4-5-39-18)13(2)15-7-16(10-32-9-15)35-14(3)38/h4-10,13,33H,11H2,1-3H3,(H2,31,36)(H,35,38). The number of amides is 1. The van der Waals surface area contributed by atoms with Crippen molar-refractivity contribution < 1.29 is 22.7 Å². The third kappa shape index (κ3) is 4.83. The fourth-order valence-corrected chi connectivity index (χ4v) is 5.00. The molecule has 0 saturated heterocycles. The largest absolute Gasteiger partial charge is 0.463 e. The summed E-state index contributed by atoms with van der Waals surface area (Å²) in [6.45, 7) is 4.76.